The molecule has 0 atom stereocenters. The second kappa shape index (κ2) is 6.71. The van der Waals surface area contributed by atoms with Crippen LogP contribution in [0, 0.1) is 0 Å². The molecule has 0 saturated carbocycles. The van der Waals surface area contributed by atoms with Crippen molar-refractivity contribution in [1.29, 1.82) is 0 Å². The molecule has 6 heteroatoms. The van der Waals surface area contributed by atoms with Crippen LogP contribution in [0.15, 0.2) is 18.7 Å². The minimum atomic E-state index is -1.83. The lowest BCUT2D eigenvalue weighted by Gasteiger charge is -1.72. The summed E-state index contributed by atoms with van der Waals surface area (Å²) in [4.78, 5) is 0. The summed E-state index contributed by atoms with van der Waals surface area (Å²) < 4.78 is 22.3. The smallest absolute Gasteiger partial charge is 0.240 e. The number of hydrogen-bond acceptors (Lipinski definition) is 3. The predicted octanol–water partition coefficient (Wildman–Crippen LogP) is 0.786. The molecule has 0 aromatic carbocycles. The lowest BCUT2D eigenvalue weighted by Crippen LogP contribution is -2.23. The van der Waals surface area contributed by atoms with Gasteiger partial charge in [0.1, 0.15) is 12.4 Å². The zero-order valence-corrected chi connectivity index (χ0v) is 9.19. The summed E-state index contributed by atoms with van der Waals surface area (Å²) in [6.45, 7) is 0. The highest BCUT2D eigenvalue weighted by atomic mass is 31.1. The zero-order chi connectivity index (χ0) is 10.3. The van der Waals surface area contributed by atoms with Crippen LogP contribution in [0.4, 0.5) is 0 Å². The molecule has 0 unspecified atom stereocenters. The Labute approximate surface area is 78.9 Å². The fourth-order valence-corrected chi connectivity index (χ4v) is 0.798. The maximum absolute atomic E-state index is 9.88. The fraction of sp³-hybridized carbons (Fsp3) is 0.571. The molecule has 0 aliphatic heterocycles. The number of aromatic nitrogens is 2. The predicted molar refractivity (Wildman–Crippen MR) is 48.2 cm³/mol. The van der Waals surface area contributed by atoms with Crippen molar-refractivity contribution in [1.82, 2.24) is 4.57 Å². The van der Waals surface area contributed by atoms with Crippen molar-refractivity contribution >= 4 is 8.25 Å². The van der Waals surface area contributed by atoms with Crippen molar-refractivity contribution < 1.29 is 18.2 Å². The van der Waals surface area contributed by atoms with E-state index in [0.717, 1.165) is 0 Å². The van der Waals surface area contributed by atoms with E-state index in [2.05, 4.69) is 9.05 Å². The Morgan fingerprint density at radius 3 is 2.00 bits per heavy atom. The first-order valence-corrected chi connectivity index (χ1v) is 4.72. The third-order valence-electron chi connectivity index (χ3n) is 1.20. The molecule has 1 aromatic heterocycles. The Morgan fingerprint density at radius 2 is 1.92 bits per heavy atom. The minimum absolute atomic E-state index is 1.32. The molecule has 5 nitrogen and oxygen atoms in total. The highest BCUT2D eigenvalue weighted by Gasteiger charge is 2.10. The van der Waals surface area contributed by atoms with Crippen LogP contribution in [-0.4, -0.2) is 18.8 Å². The van der Waals surface area contributed by atoms with E-state index < -0.39 is 8.25 Å². The Bertz CT molecular complexity index is 239. The maximum atomic E-state index is 9.88. The molecule has 74 valence electrons. The molecular formula is C7H15N2O3P+2. The van der Waals surface area contributed by atoms with Gasteiger partial charge in [-0.2, -0.15) is 0 Å². The van der Waals surface area contributed by atoms with E-state index in [1.54, 1.807) is 0 Å². The second-order valence-electron chi connectivity index (χ2n) is 2.33. The van der Waals surface area contributed by atoms with Crippen molar-refractivity contribution in [3.05, 3.63) is 18.7 Å². The number of aryl methyl sites for hydroxylation is 2. The molecule has 0 fully saturated rings. The molecule has 0 N–H and O–H groups in total. The lowest BCUT2D eigenvalue weighted by atomic mass is 10.9. The Balaban J connectivity index is 0.000000226. The number of rotatable bonds is 2. The zero-order valence-electron chi connectivity index (χ0n) is 8.30. The van der Waals surface area contributed by atoms with E-state index in [0.29, 0.717) is 0 Å². The first-order valence-electron chi connectivity index (χ1n) is 3.62. The largest absolute Gasteiger partial charge is 0.696 e. The van der Waals surface area contributed by atoms with Gasteiger partial charge in [-0.15, -0.1) is 9.05 Å². The quantitative estimate of drug-likeness (QED) is 0.530. The number of hydrogen-bond donors (Lipinski definition) is 0. The van der Waals surface area contributed by atoms with E-state index >= 15 is 0 Å². The Morgan fingerprint density at radius 1 is 1.38 bits per heavy atom. The van der Waals surface area contributed by atoms with Crippen LogP contribution in [0.2, 0.25) is 0 Å². The van der Waals surface area contributed by atoms with Crippen LogP contribution >= 0.6 is 8.25 Å². The van der Waals surface area contributed by atoms with Crippen LogP contribution < -0.4 is 4.57 Å². The van der Waals surface area contributed by atoms with Gasteiger partial charge >= 0.3 is 8.25 Å². The Kier molecular flexibility index (Phi) is 6.32. The molecule has 0 amide bonds. The van der Waals surface area contributed by atoms with E-state index in [1.165, 1.54) is 14.2 Å². The van der Waals surface area contributed by atoms with Gasteiger partial charge in [-0.1, -0.05) is 0 Å². The van der Waals surface area contributed by atoms with Crippen LogP contribution in [-0.2, 0) is 27.7 Å². The maximum Gasteiger partial charge on any atom is 0.696 e. The molecule has 1 heterocycles. The van der Waals surface area contributed by atoms with Gasteiger partial charge in [0.25, 0.3) is 0 Å². The highest BCUT2D eigenvalue weighted by Crippen LogP contribution is 2.18. The van der Waals surface area contributed by atoms with Gasteiger partial charge in [0, 0.05) is 4.57 Å². The first kappa shape index (κ1) is 12.2. The van der Waals surface area contributed by atoms with Crippen LogP contribution in [0.5, 0.6) is 0 Å². The van der Waals surface area contributed by atoms with Crippen LogP contribution in [0.25, 0.3) is 0 Å². The molecule has 0 bridgehead atoms. The van der Waals surface area contributed by atoms with Crippen molar-refractivity contribution in [2.24, 2.45) is 14.1 Å². The van der Waals surface area contributed by atoms with Crippen LogP contribution in [0.3, 0.4) is 0 Å². The molecule has 0 aliphatic rings. The average Bonchev–Trinajstić information content (AvgIpc) is 2.49. The fourth-order valence-electron chi connectivity index (χ4n) is 0.649. The summed E-state index contributed by atoms with van der Waals surface area (Å²) in [6.07, 6.45) is 6.00. The van der Waals surface area contributed by atoms with Crippen molar-refractivity contribution in [3.63, 3.8) is 0 Å². The third-order valence-corrected chi connectivity index (χ3v) is 1.80. The summed E-state index contributed by atoms with van der Waals surface area (Å²) in [6, 6.07) is 0. The van der Waals surface area contributed by atoms with Crippen molar-refractivity contribution in [2.45, 2.75) is 0 Å². The average molecular weight is 206 g/mol. The van der Waals surface area contributed by atoms with E-state index in [-0.39, 0.29) is 0 Å². The summed E-state index contributed by atoms with van der Waals surface area (Å²) in [7, 11) is 4.82. The molecule has 0 saturated heterocycles. The minimum Gasteiger partial charge on any atom is -0.240 e. The topological polar surface area (TPSA) is 44.3 Å². The molecule has 1 rings (SSSR count). The monoisotopic (exact) mass is 206 g/mol. The van der Waals surface area contributed by atoms with Gasteiger partial charge < -0.3 is 0 Å². The third kappa shape index (κ3) is 6.40. The van der Waals surface area contributed by atoms with Gasteiger partial charge in [0.2, 0.25) is 6.33 Å². The standard InChI is InChI=1S/C5H9N2.C2H6O3P/c1-6-3-4-7(2)5-6;1-4-6(3)5-2/h3-5H,1-2H3;1-2H3/q2*+1. The Hall–Kier alpha value is -0.770. The first-order chi connectivity index (χ1) is 6.10. The van der Waals surface area contributed by atoms with Crippen molar-refractivity contribution in [3.8, 4) is 0 Å². The summed E-state index contributed by atoms with van der Waals surface area (Å²) in [5.74, 6) is 0. The molecule has 0 radical (unpaired) electrons. The molecular weight excluding hydrogens is 191 g/mol. The molecule has 0 aliphatic carbocycles. The van der Waals surface area contributed by atoms with E-state index in [4.69, 9.17) is 0 Å². The summed E-state index contributed by atoms with van der Waals surface area (Å²) >= 11 is 0. The molecule has 0 spiro atoms. The van der Waals surface area contributed by atoms with Gasteiger partial charge in [0.15, 0.2) is 0 Å². The van der Waals surface area contributed by atoms with Gasteiger partial charge in [-0.25, -0.2) is 9.13 Å². The number of nitrogens with zero attached hydrogens (tertiary/aromatic N) is 2. The summed E-state index contributed by atoms with van der Waals surface area (Å²) in [5.41, 5.74) is 0. The lowest BCUT2D eigenvalue weighted by molar-refractivity contribution is -0.670. The summed E-state index contributed by atoms with van der Waals surface area (Å²) in [5, 5.41) is 0. The van der Waals surface area contributed by atoms with Gasteiger partial charge in [-0.05, 0) is 0 Å². The number of imidazole rings is 1. The molecule has 1 aromatic rings. The highest BCUT2D eigenvalue weighted by molar-refractivity contribution is 7.33. The second-order valence-corrected chi connectivity index (χ2v) is 3.51. The normalized spacial score (nSPS) is 8.92. The van der Waals surface area contributed by atoms with Gasteiger partial charge in [-0.3, -0.25) is 0 Å². The molecule has 13 heavy (non-hydrogen) atoms. The van der Waals surface area contributed by atoms with Gasteiger partial charge in [0.05, 0.1) is 28.3 Å². The van der Waals surface area contributed by atoms with E-state index in [9.17, 15) is 4.57 Å². The van der Waals surface area contributed by atoms with Crippen molar-refractivity contribution in [2.75, 3.05) is 14.2 Å². The van der Waals surface area contributed by atoms with E-state index in [1.807, 2.05) is 42.0 Å². The van der Waals surface area contributed by atoms with Crippen LogP contribution in [0.1, 0.15) is 0 Å². The SMILES string of the molecule is CO[P+](=O)OC.Cn1cc[n+](C)c1.